The number of likely N-dealkylation sites (N-methyl/N-ethyl adjacent to an activating group) is 1. The number of anilines is 3. The monoisotopic (exact) mass is 251 g/mol. The van der Waals surface area contributed by atoms with Gasteiger partial charge in [-0.3, -0.25) is 4.79 Å². The van der Waals surface area contributed by atoms with Crippen LogP contribution in [0.25, 0.3) is 0 Å². The summed E-state index contributed by atoms with van der Waals surface area (Å²) >= 11 is 0. The molecule has 2 heterocycles. The van der Waals surface area contributed by atoms with E-state index in [-0.39, 0.29) is 18.4 Å². The van der Waals surface area contributed by atoms with Crippen molar-refractivity contribution in [1.82, 2.24) is 14.9 Å². The van der Waals surface area contributed by atoms with Crippen LogP contribution in [0.2, 0.25) is 0 Å². The van der Waals surface area contributed by atoms with Crippen LogP contribution < -0.4 is 21.9 Å². The number of carbonyl (C=O) groups is 1. The number of nitrogen functional groups attached to an aromatic ring is 2. The zero-order chi connectivity index (χ0) is 13.1. The molecular formula is C10H17N7O. The van der Waals surface area contributed by atoms with E-state index < -0.39 is 0 Å². The second-order valence-corrected chi connectivity index (χ2v) is 4.20. The van der Waals surface area contributed by atoms with E-state index in [0.717, 1.165) is 19.5 Å². The molecule has 98 valence electrons. The lowest BCUT2D eigenvalue weighted by atomic mass is 10.3. The van der Waals surface area contributed by atoms with Gasteiger partial charge in [-0.25, -0.2) is 5.84 Å². The Morgan fingerprint density at radius 3 is 2.89 bits per heavy atom. The third-order valence-corrected chi connectivity index (χ3v) is 2.88. The van der Waals surface area contributed by atoms with Crippen molar-refractivity contribution in [3.8, 4) is 0 Å². The van der Waals surface area contributed by atoms with Crippen LogP contribution in [-0.2, 0) is 4.79 Å². The fourth-order valence-corrected chi connectivity index (χ4v) is 1.87. The molecule has 0 radical (unpaired) electrons. The zero-order valence-corrected chi connectivity index (χ0v) is 10.3. The smallest absolute Gasteiger partial charge is 0.241 e. The lowest BCUT2D eigenvalue weighted by Gasteiger charge is -2.21. The highest BCUT2D eigenvalue weighted by molar-refractivity contribution is 5.81. The van der Waals surface area contributed by atoms with Gasteiger partial charge in [0, 0.05) is 26.2 Å². The summed E-state index contributed by atoms with van der Waals surface area (Å²) < 4.78 is 0. The first-order chi connectivity index (χ1) is 8.60. The van der Waals surface area contributed by atoms with Gasteiger partial charge in [0.1, 0.15) is 11.6 Å². The molecule has 1 aliphatic rings. The van der Waals surface area contributed by atoms with Crippen molar-refractivity contribution in [1.29, 1.82) is 0 Å². The molecule has 1 aromatic heterocycles. The summed E-state index contributed by atoms with van der Waals surface area (Å²) in [5.41, 5.74) is 8.03. The van der Waals surface area contributed by atoms with Crippen molar-refractivity contribution < 1.29 is 4.79 Å². The summed E-state index contributed by atoms with van der Waals surface area (Å²) in [6, 6.07) is 1.68. The molecule has 8 heteroatoms. The molecule has 2 rings (SSSR count). The Kier molecular flexibility index (Phi) is 3.47. The Labute approximate surface area is 105 Å². The lowest BCUT2D eigenvalue weighted by Crippen LogP contribution is -2.34. The fraction of sp³-hybridized carbons (Fsp3) is 0.500. The summed E-state index contributed by atoms with van der Waals surface area (Å²) in [6.45, 7) is 1.78. The van der Waals surface area contributed by atoms with Gasteiger partial charge >= 0.3 is 0 Å². The van der Waals surface area contributed by atoms with E-state index in [1.54, 1.807) is 18.0 Å². The molecule has 1 fully saturated rings. The number of hydrogen-bond donors (Lipinski definition) is 3. The van der Waals surface area contributed by atoms with Gasteiger partial charge in [-0.2, -0.15) is 9.97 Å². The van der Waals surface area contributed by atoms with Gasteiger partial charge in [0.2, 0.25) is 11.9 Å². The first-order valence-electron chi connectivity index (χ1n) is 5.70. The van der Waals surface area contributed by atoms with Crippen molar-refractivity contribution in [2.45, 2.75) is 6.42 Å². The van der Waals surface area contributed by atoms with Crippen LogP contribution >= 0.6 is 0 Å². The molecule has 0 bridgehead atoms. The van der Waals surface area contributed by atoms with Crippen LogP contribution in [0.5, 0.6) is 0 Å². The second-order valence-electron chi connectivity index (χ2n) is 4.20. The van der Waals surface area contributed by atoms with E-state index in [9.17, 15) is 4.79 Å². The SMILES string of the molecule is CN1CCCN(c2cc(NN)nc(N)n2)CC1=O. The molecule has 0 saturated carbocycles. The maximum absolute atomic E-state index is 11.8. The van der Waals surface area contributed by atoms with Gasteiger partial charge in [0.15, 0.2) is 0 Å². The quantitative estimate of drug-likeness (QED) is 0.457. The summed E-state index contributed by atoms with van der Waals surface area (Å²) in [7, 11) is 1.80. The molecule has 0 unspecified atom stereocenters. The largest absolute Gasteiger partial charge is 0.368 e. The first kappa shape index (κ1) is 12.4. The minimum Gasteiger partial charge on any atom is -0.368 e. The molecule has 8 nitrogen and oxygen atoms in total. The Bertz CT molecular complexity index is 450. The molecule has 0 aliphatic carbocycles. The third kappa shape index (κ3) is 2.59. The number of nitrogens with two attached hydrogens (primary N) is 2. The normalized spacial score (nSPS) is 16.7. The minimum atomic E-state index is 0.0620. The van der Waals surface area contributed by atoms with Crippen molar-refractivity contribution in [2.75, 3.05) is 42.7 Å². The Hall–Kier alpha value is -2.09. The molecule has 1 saturated heterocycles. The maximum Gasteiger partial charge on any atom is 0.241 e. The van der Waals surface area contributed by atoms with Gasteiger partial charge in [-0.1, -0.05) is 0 Å². The molecule has 1 aromatic rings. The standard InChI is InChI=1S/C10H17N7O/c1-16-3-2-4-17(6-9(16)18)8-5-7(15-12)13-10(11)14-8/h5H,2-4,6,12H2,1H3,(H3,11,13,14,15). The fourth-order valence-electron chi connectivity index (χ4n) is 1.87. The number of carbonyl (C=O) groups excluding carboxylic acids is 1. The van der Waals surface area contributed by atoms with Crippen LogP contribution in [0, 0.1) is 0 Å². The minimum absolute atomic E-state index is 0.0620. The highest BCUT2D eigenvalue weighted by Gasteiger charge is 2.20. The van der Waals surface area contributed by atoms with Crippen molar-refractivity contribution >= 4 is 23.5 Å². The molecule has 0 spiro atoms. The first-order valence-corrected chi connectivity index (χ1v) is 5.70. The average Bonchev–Trinajstić information content (AvgIpc) is 2.51. The van der Waals surface area contributed by atoms with Crippen molar-refractivity contribution in [2.24, 2.45) is 5.84 Å². The average molecular weight is 251 g/mol. The molecule has 1 amide bonds. The van der Waals surface area contributed by atoms with Crippen molar-refractivity contribution in [3.05, 3.63) is 6.07 Å². The van der Waals surface area contributed by atoms with Crippen LogP contribution in [0.3, 0.4) is 0 Å². The van der Waals surface area contributed by atoms with Crippen LogP contribution in [0.15, 0.2) is 6.07 Å². The number of rotatable bonds is 2. The summed E-state index contributed by atoms with van der Waals surface area (Å²) in [5, 5.41) is 0. The van der Waals surface area contributed by atoms with E-state index in [1.165, 1.54) is 0 Å². The number of nitrogens with zero attached hydrogens (tertiary/aromatic N) is 4. The number of amides is 1. The van der Waals surface area contributed by atoms with Crippen LogP contribution in [-0.4, -0.2) is 47.5 Å². The predicted octanol–water partition coefficient (Wildman–Crippen LogP) is -0.987. The Balaban J connectivity index is 2.24. The number of hydrogen-bond acceptors (Lipinski definition) is 7. The predicted molar refractivity (Wildman–Crippen MR) is 68.7 cm³/mol. The second kappa shape index (κ2) is 5.05. The topological polar surface area (TPSA) is 113 Å². The van der Waals surface area contributed by atoms with E-state index >= 15 is 0 Å². The van der Waals surface area contributed by atoms with Crippen LogP contribution in [0.4, 0.5) is 17.6 Å². The molecule has 1 aliphatic heterocycles. The molecule has 0 atom stereocenters. The third-order valence-electron chi connectivity index (χ3n) is 2.88. The van der Waals surface area contributed by atoms with Gasteiger partial charge in [-0.15, -0.1) is 0 Å². The van der Waals surface area contributed by atoms with E-state index in [0.29, 0.717) is 11.6 Å². The van der Waals surface area contributed by atoms with Crippen LogP contribution in [0.1, 0.15) is 6.42 Å². The van der Waals surface area contributed by atoms with E-state index in [2.05, 4.69) is 15.4 Å². The Morgan fingerprint density at radius 2 is 2.17 bits per heavy atom. The van der Waals surface area contributed by atoms with E-state index in [4.69, 9.17) is 11.6 Å². The number of hydrazine groups is 1. The summed E-state index contributed by atoms with van der Waals surface area (Å²) in [5.74, 6) is 6.54. The number of nitrogens with one attached hydrogen (secondary N) is 1. The van der Waals surface area contributed by atoms with E-state index in [1.807, 2.05) is 4.90 Å². The maximum atomic E-state index is 11.8. The highest BCUT2D eigenvalue weighted by atomic mass is 16.2. The summed E-state index contributed by atoms with van der Waals surface area (Å²) in [6.07, 6.45) is 0.886. The Morgan fingerprint density at radius 1 is 1.39 bits per heavy atom. The molecule has 18 heavy (non-hydrogen) atoms. The van der Waals surface area contributed by atoms with Gasteiger partial charge in [-0.05, 0) is 6.42 Å². The molecule has 5 N–H and O–H groups in total. The van der Waals surface area contributed by atoms with Gasteiger partial charge in [0.05, 0.1) is 6.54 Å². The van der Waals surface area contributed by atoms with Crippen molar-refractivity contribution in [3.63, 3.8) is 0 Å². The highest BCUT2D eigenvalue weighted by Crippen LogP contribution is 2.18. The molecular weight excluding hydrogens is 234 g/mol. The molecule has 0 aromatic carbocycles. The summed E-state index contributed by atoms with van der Waals surface area (Å²) in [4.78, 5) is 23.4. The lowest BCUT2D eigenvalue weighted by molar-refractivity contribution is -0.127. The van der Waals surface area contributed by atoms with Gasteiger partial charge < -0.3 is 21.0 Å². The van der Waals surface area contributed by atoms with Gasteiger partial charge in [0.25, 0.3) is 0 Å². The zero-order valence-electron chi connectivity index (χ0n) is 10.3. The number of aromatic nitrogens is 2.